The van der Waals surface area contributed by atoms with Gasteiger partial charge in [0.25, 0.3) is 5.56 Å². The number of rotatable bonds is 2. The lowest BCUT2D eigenvalue weighted by atomic mass is 10.3. The third-order valence-corrected chi connectivity index (χ3v) is 1.60. The van der Waals surface area contributed by atoms with Crippen molar-refractivity contribution < 1.29 is 5.11 Å². The number of aliphatic hydroxyl groups is 1. The molecule has 0 aliphatic heterocycles. The number of nitrogens with zero attached hydrogens (tertiary/aromatic N) is 2. The van der Waals surface area contributed by atoms with Gasteiger partial charge in [-0.2, -0.15) is 5.26 Å². The second kappa shape index (κ2) is 3.87. The Morgan fingerprint density at radius 3 is 3.00 bits per heavy atom. The zero-order chi connectivity index (χ0) is 9.84. The lowest BCUT2D eigenvalue weighted by molar-refractivity contribution is 0.172. The highest BCUT2D eigenvalue weighted by molar-refractivity contribution is 5.24. The third kappa shape index (κ3) is 2.17. The molecule has 0 fully saturated rings. The van der Waals surface area contributed by atoms with Crippen LogP contribution in [-0.2, 0) is 6.54 Å². The monoisotopic (exact) mass is 178 g/mol. The maximum atomic E-state index is 11.4. The van der Waals surface area contributed by atoms with Gasteiger partial charge in [-0.05, 0) is 19.1 Å². The third-order valence-electron chi connectivity index (χ3n) is 1.60. The van der Waals surface area contributed by atoms with Crippen molar-refractivity contribution in [3.63, 3.8) is 0 Å². The Morgan fingerprint density at radius 2 is 2.46 bits per heavy atom. The Morgan fingerprint density at radius 1 is 1.77 bits per heavy atom. The molecule has 4 nitrogen and oxygen atoms in total. The van der Waals surface area contributed by atoms with E-state index in [2.05, 4.69) is 0 Å². The SMILES string of the molecule is C[C@H](O)Cn1cccc(C#N)c1=O. The highest BCUT2D eigenvalue weighted by Gasteiger charge is 2.03. The van der Waals surface area contributed by atoms with Crippen molar-refractivity contribution in [2.45, 2.75) is 19.6 Å². The van der Waals surface area contributed by atoms with Crippen molar-refractivity contribution in [1.82, 2.24) is 4.57 Å². The predicted molar refractivity (Wildman–Crippen MR) is 47.1 cm³/mol. The summed E-state index contributed by atoms with van der Waals surface area (Å²) < 4.78 is 1.32. The molecule has 0 saturated heterocycles. The standard InChI is InChI=1S/C9H10N2O2/c1-7(12)6-11-4-2-3-8(5-10)9(11)13/h2-4,7,12H,6H2,1H3/t7-/m0/s1. The molecule has 0 bridgehead atoms. The molecule has 1 heterocycles. The molecule has 1 rings (SSSR count). The summed E-state index contributed by atoms with van der Waals surface area (Å²) in [6, 6.07) is 4.87. The van der Waals surface area contributed by atoms with Gasteiger partial charge in [0.05, 0.1) is 12.6 Å². The number of hydrogen-bond donors (Lipinski definition) is 1. The van der Waals surface area contributed by atoms with E-state index in [4.69, 9.17) is 10.4 Å². The Hall–Kier alpha value is -1.60. The summed E-state index contributed by atoms with van der Waals surface area (Å²) in [5, 5.41) is 17.6. The molecule has 0 radical (unpaired) electrons. The Bertz CT molecular complexity index is 387. The Balaban J connectivity index is 3.11. The molecule has 1 N–H and O–H groups in total. The van der Waals surface area contributed by atoms with Gasteiger partial charge in [-0.3, -0.25) is 4.79 Å². The fourth-order valence-electron chi connectivity index (χ4n) is 1.05. The zero-order valence-corrected chi connectivity index (χ0v) is 7.27. The summed E-state index contributed by atoms with van der Waals surface area (Å²) in [4.78, 5) is 11.4. The van der Waals surface area contributed by atoms with E-state index in [9.17, 15) is 4.79 Å². The molecule has 1 atom stereocenters. The minimum absolute atomic E-state index is 0.100. The Labute approximate surface area is 75.7 Å². The first-order valence-corrected chi connectivity index (χ1v) is 3.92. The van der Waals surface area contributed by atoms with Crippen LogP contribution in [0.5, 0.6) is 0 Å². The van der Waals surface area contributed by atoms with Crippen LogP contribution >= 0.6 is 0 Å². The molecule has 4 heteroatoms. The van der Waals surface area contributed by atoms with Crippen LogP contribution in [0.25, 0.3) is 0 Å². The predicted octanol–water partition coefficient (Wildman–Crippen LogP) is 0.101. The van der Waals surface area contributed by atoms with Gasteiger partial charge in [0.15, 0.2) is 0 Å². The fourth-order valence-corrected chi connectivity index (χ4v) is 1.05. The lowest BCUT2D eigenvalue weighted by Gasteiger charge is -2.06. The molecule has 68 valence electrons. The van der Waals surface area contributed by atoms with E-state index >= 15 is 0 Å². The van der Waals surface area contributed by atoms with Crippen LogP contribution in [0.15, 0.2) is 23.1 Å². The number of pyridine rings is 1. The average Bonchev–Trinajstić information content (AvgIpc) is 2.08. The van der Waals surface area contributed by atoms with Gasteiger partial charge in [-0.15, -0.1) is 0 Å². The molecular weight excluding hydrogens is 168 g/mol. The Kier molecular flexibility index (Phi) is 2.83. The van der Waals surface area contributed by atoms with Crippen LogP contribution in [-0.4, -0.2) is 15.8 Å². The molecule has 1 aromatic heterocycles. The van der Waals surface area contributed by atoms with Crippen LogP contribution in [0.3, 0.4) is 0 Å². The van der Waals surface area contributed by atoms with Crippen molar-refractivity contribution in [2.75, 3.05) is 0 Å². The van der Waals surface area contributed by atoms with Crippen LogP contribution in [0, 0.1) is 11.3 Å². The molecule has 0 aliphatic rings. The molecule has 13 heavy (non-hydrogen) atoms. The quantitative estimate of drug-likeness (QED) is 0.698. The lowest BCUT2D eigenvalue weighted by Crippen LogP contribution is -2.26. The second-order valence-corrected chi connectivity index (χ2v) is 2.84. The summed E-state index contributed by atoms with van der Waals surface area (Å²) in [7, 11) is 0. The molecule has 1 aromatic rings. The number of nitriles is 1. The number of aromatic nitrogens is 1. The van der Waals surface area contributed by atoms with Gasteiger partial charge in [-0.25, -0.2) is 0 Å². The van der Waals surface area contributed by atoms with Gasteiger partial charge in [0, 0.05) is 6.20 Å². The van der Waals surface area contributed by atoms with Crippen LogP contribution in [0.2, 0.25) is 0 Å². The van der Waals surface area contributed by atoms with Crippen molar-refractivity contribution >= 4 is 0 Å². The molecule has 0 spiro atoms. The van der Waals surface area contributed by atoms with E-state index < -0.39 is 6.10 Å². The van der Waals surface area contributed by atoms with Gasteiger partial charge in [0.1, 0.15) is 11.6 Å². The van der Waals surface area contributed by atoms with Crippen LogP contribution in [0.4, 0.5) is 0 Å². The largest absolute Gasteiger partial charge is 0.392 e. The first-order valence-electron chi connectivity index (χ1n) is 3.92. The summed E-state index contributed by atoms with van der Waals surface area (Å²) in [5.41, 5.74) is -0.256. The summed E-state index contributed by atoms with van der Waals surface area (Å²) >= 11 is 0. The normalized spacial score (nSPS) is 12.1. The number of aliphatic hydroxyl groups excluding tert-OH is 1. The maximum Gasteiger partial charge on any atom is 0.268 e. The van der Waals surface area contributed by atoms with Gasteiger partial charge in [0.2, 0.25) is 0 Å². The minimum Gasteiger partial charge on any atom is -0.392 e. The summed E-state index contributed by atoms with van der Waals surface area (Å²) in [6.07, 6.45) is 0.960. The summed E-state index contributed by atoms with van der Waals surface area (Å²) in [5.74, 6) is 0. The van der Waals surface area contributed by atoms with E-state index in [-0.39, 0.29) is 17.7 Å². The van der Waals surface area contributed by atoms with Crippen molar-refractivity contribution in [2.24, 2.45) is 0 Å². The van der Waals surface area contributed by atoms with Crippen molar-refractivity contribution in [1.29, 1.82) is 5.26 Å². The average molecular weight is 178 g/mol. The smallest absolute Gasteiger partial charge is 0.268 e. The second-order valence-electron chi connectivity index (χ2n) is 2.84. The molecule has 0 saturated carbocycles. The van der Waals surface area contributed by atoms with Crippen LogP contribution in [0.1, 0.15) is 12.5 Å². The van der Waals surface area contributed by atoms with Crippen molar-refractivity contribution in [3.05, 3.63) is 34.2 Å². The highest BCUT2D eigenvalue weighted by Crippen LogP contribution is 1.91. The fraction of sp³-hybridized carbons (Fsp3) is 0.333. The van der Waals surface area contributed by atoms with Crippen molar-refractivity contribution in [3.8, 4) is 6.07 Å². The van der Waals surface area contributed by atoms with E-state index in [1.807, 2.05) is 0 Å². The van der Waals surface area contributed by atoms with Gasteiger partial charge >= 0.3 is 0 Å². The van der Waals surface area contributed by atoms with Gasteiger partial charge in [-0.1, -0.05) is 0 Å². The maximum absolute atomic E-state index is 11.4. The van der Waals surface area contributed by atoms with E-state index in [1.165, 1.54) is 10.6 Å². The minimum atomic E-state index is -0.591. The zero-order valence-electron chi connectivity index (χ0n) is 7.27. The molecular formula is C9H10N2O2. The van der Waals surface area contributed by atoms with E-state index in [0.717, 1.165) is 0 Å². The summed E-state index contributed by atoms with van der Waals surface area (Å²) in [6.45, 7) is 1.81. The number of hydrogen-bond acceptors (Lipinski definition) is 3. The van der Waals surface area contributed by atoms with Crippen LogP contribution < -0.4 is 5.56 Å². The highest BCUT2D eigenvalue weighted by atomic mass is 16.3. The molecule has 0 unspecified atom stereocenters. The molecule has 0 amide bonds. The molecule has 0 aromatic carbocycles. The van der Waals surface area contributed by atoms with E-state index in [1.54, 1.807) is 25.3 Å². The first-order chi connectivity index (χ1) is 6.15. The molecule has 0 aliphatic carbocycles. The van der Waals surface area contributed by atoms with Gasteiger partial charge < -0.3 is 9.67 Å². The first kappa shape index (κ1) is 9.49. The topological polar surface area (TPSA) is 66.0 Å². The van der Waals surface area contributed by atoms with E-state index in [0.29, 0.717) is 0 Å².